The average molecular weight is 450 g/mol. The highest BCUT2D eigenvalue weighted by Gasteiger charge is 2.34. The summed E-state index contributed by atoms with van der Waals surface area (Å²) in [5.41, 5.74) is 8.58. The fraction of sp³-hybridized carbons (Fsp3) is 0.240. The molecule has 1 aromatic heterocycles. The van der Waals surface area contributed by atoms with Crippen LogP contribution in [0.1, 0.15) is 40.4 Å². The quantitative estimate of drug-likeness (QED) is 0.597. The van der Waals surface area contributed by atoms with E-state index in [1.54, 1.807) is 53.7 Å². The molecule has 3 aromatic rings. The second-order valence-electron chi connectivity index (χ2n) is 8.05. The normalized spacial score (nSPS) is 16.5. The second kappa shape index (κ2) is 9.87. The monoisotopic (exact) mass is 450 g/mol. The van der Waals surface area contributed by atoms with Crippen LogP contribution in [-0.4, -0.2) is 34.3 Å². The van der Waals surface area contributed by atoms with Crippen LogP contribution in [0.3, 0.4) is 0 Å². The molecule has 2 heterocycles. The summed E-state index contributed by atoms with van der Waals surface area (Å²) in [5, 5.41) is 2.80. The van der Waals surface area contributed by atoms with Crippen molar-refractivity contribution in [2.45, 2.75) is 31.3 Å². The van der Waals surface area contributed by atoms with Crippen LogP contribution in [0.4, 0.5) is 14.5 Å². The number of hydrogen-bond donors (Lipinski definition) is 2. The first-order chi connectivity index (χ1) is 15.9. The number of pyridine rings is 1. The maximum absolute atomic E-state index is 14.0. The number of likely N-dealkylation sites (tertiary alicyclic amines) is 1. The highest BCUT2D eigenvalue weighted by atomic mass is 19.1. The molecule has 2 atom stereocenters. The zero-order valence-corrected chi connectivity index (χ0v) is 17.9. The number of rotatable bonds is 6. The fourth-order valence-corrected chi connectivity index (χ4v) is 4.12. The molecule has 0 radical (unpaired) electrons. The number of carbonyl (C=O) groups is 2. The number of anilines is 1. The van der Waals surface area contributed by atoms with Gasteiger partial charge in [0.15, 0.2) is 0 Å². The summed E-state index contributed by atoms with van der Waals surface area (Å²) < 4.78 is 27.1. The molecule has 1 aliphatic rings. The molecule has 33 heavy (non-hydrogen) atoms. The number of carbonyl (C=O) groups excluding carboxylic acids is 2. The number of nitrogens with zero attached hydrogens (tertiary/aromatic N) is 2. The number of nitrogens with two attached hydrogens (primary N) is 1. The summed E-state index contributed by atoms with van der Waals surface area (Å²) in [5.74, 6) is -1.90. The van der Waals surface area contributed by atoms with Gasteiger partial charge in [0.05, 0.1) is 18.5 Å². The van der Waals surface area contributed by atoms with Crippen molar-refractivity contribution in [1.82, 2.24) is 9.88 Å². The third-order valence-electron chi connectivity index (χ3n) is 5.89. The van der Waals surface area contributed by atoms with Crippen molar-refractivity contribution in [3.63, 3.8) is 0 Å². The summed E-state index contributed by atoms with van der Waals surface area (Å²) in [6.45, 7) is 0.534. The van der Waals surface area contributed by atoms with Crippen LogP contribution in [-0.2, 0) is 11.2 Å². The van der Waals surface area contributed by atoms with Gasteiger partial charge < -0.3 is 16.0 Å². The fourth-order valence-electron chi connectivity index (χ4n) is 4.12. The van der Waals surface area contributed by atoms with Gasteiger partial charge in [-0.3, -0.25) is 14.6 Å². The van der Waals surface area contributed by atoms with Gasteiger partial charge in [-0.1, -0.05) is 18.2 Å². The third-order valence-corrected chi connectivity index (χ3v) is 5.89. The number of benzene rings is 2. The van der Waals surface area contributed by atoms with E-state index in [2.05, 4.69) is 10.3 Å². The summed E-state index contributed by atoms with van der Waals surface area (Å²) in [7, 11) is 0. The van der Waals surface area contributed by atoms with E-state index in [9.17, 15) is 18.4 Å². The molecule has 1 saturated heterocycles. The van der Waals surface area contributed by atoms with Gasteiger partial charge >= 0.3 is 0 Å². The van der Waals surface area contributed by atoms with E-state index in [1.807, 2.05) is 0 Å². The zero-order chi connectivity index (χ0) is 23.4. The van der Waals surface area contributed by atoms with Gasteiger partial charge in [0.1, 0.15) is 11.6 Å². The van der Waals surface area contributed by atoms with E-state index in [4.69, 9.17) is 5.73 Å². The molecule has 0 saturated carbocycles. The molecule has 0 spiro atoms. The Bertz CT molecular complexity index is 1140. The lowest BCUT2D eigenvalue weighted by Crippen LogP contribution is -2.42. The van der Waals surface area contributed by atoms with Crippen LogP contribution in [0.2, 0.25) is 0 Å². The molecule has 6 nitrogen and oxygen atoms in total. The van der Waals surface area contributed by atoms with E-state index in [0.717, 1.165) is 30.5 Å². The molecular formula is C25H24F2N4O2. The molecule has 2 amide bonds. The van der Waals surface area contributed by atoms with Crippen LogP contribution in [0.5, 0.6) is 0 Å². The first-order valence-electron chi connectivity index (χ1n) is 10.7. The Morgan fingerprint density at radius 2 is 1.82 bits per heavy atom. The number of halogens is 2. The van der Waals surface area contributed by atoms with Gasteiger partial charge in [-0.2, -0.15) is 0 Å². The lowest BCUT2D eigenvalue weighted by atomic mass is 9.96. The highest BCUT2D eigenvalue weighted by Crippen LogP contribution is 2.29. The first-order valence-corrected chi connectivity index (χ1v) is 10.7. The van der Waals surface area contributed by atoms with Gasteiger partial charge in [0.25, 0.3) is 5.91 Å². The summed E-state index contributed by atoms with van der Waals surface area (Å²) in [6.07, 6.45) is 4.56. The number of nitrogens with one attached hydrogen (secondary N) is 1. The van der Waals surface area contributed by atoms with E-state index in [-0.39, 0.29) is 29.8 Å². The number of amides is 2. The van der Waals surface area contributed by atoms with Crippen molar-refractivity contribution in [2.24, 2.45) is 5.73 Å². The minimum Gasteiger partial charge on any atom is -0.338 e. The molecular weight excluding hydrogens is 426 g/mol. The zero-order valence-electron chi connectivity index (χ0n) is 17.9. The third kappa shape index (κ3) is 5.23. The van der Waals surface area contributed by atoms with E-state index in [1.165, 1.54) is 6.07 Å². The van der Waals surface area contributed by atoms with Crippen LogP contribution in [0.15, 0.2) is 67.0 Å². The maximum Gasteiger partial charge on any atom is 0.255 e. The predicted octanol–water partition coefficient (Wildman–Crippen LogP) is 3.85. The minimum atomic E-state index is -0.732. The molecule has 2 unspecified atom stereocenters. The topological polar surface area (TPSA) is 88.3 Å². The van der Waals surface area contributed by atoms with E-state index in [0.29, 0.717) is 17.8 Å². The van der Waals surface area contributed by atoms with Crippen molar-refractivity contribution in [3.8, 4) is 0 Å². The van der Waals surface area contributed by atoms with Crippen LogP contribution < -0.4 is 11.1 Å². The van der Waals surface area contributed by atoms with Crippen LogP contribution >= 0.6 is 0 Å². The summed E-state index contributed by atoms with van der Waals surface area (Å²) in [4.78, 5) is 30.9. The maximum atomic E-state index is 14.0. The average Bonchev–Trinajstić information content (AvgIpc) is 3.31. The van der Waals surface area contributed by atoms with Crippen molar-refractivity contribution in [3.05, 3.63) is 95.3 Å². The van der Waals surface area contributed by atoms with Gasteiger partial charge in [0.2, 0.25) is 5.91 Å². The van der Waals surface area contributed by atoms with Crippen LogP contribution in [0, 0.1) is 11.6 Å². The van der Waals surface area contributed by atoms with Crippen LogP contribution in [0.25, 0.3) is 0 Å². The Kier molecular flexibility index (Phi) is 6.74. The van der Waals surface area contributed by atoms with Gasteiger partial charge in [-0.05, 0) is 54.3 Å². The molecule has 170 valence electrons. The lowest BCUT2D eigenvalue weighted by molar-refractivity contribution is -0.131. The predicted molar refractivity (Wildman–Crippen MR) is 120 cm³/mol. The Morgan fingerprint density at radius 3 is 2.52 bits per heavy atom. The standard InChI is InChI=1S/C25H24F2N4O2/c26-19-8-7-18(21(27)15-19)14-23(32)31-13-1-2-22(31)24(28)16-3-5-17(6-4-16)25(33)30-20-9-11-29-12-10-20/h3-12,15,22,24H,1-2,13-14,28H2,(H,29,30,33). The highest BCUT2D eigenvalue weighted by molar-refractivity contribution is 6.04. The molecule has 1 fully saturated rings. The Balaban J connectivity index is 1.42. The smallest absolute Gasteiger partial charge is 0.255 e. The van der Waals surface area contributed by atoms with Gasteiger partial charge in [-0.15, -0.1) is 0 Å². The van der Waals surface area contributed by atoms with Crippen molar-refractivity contribution in [1.29, 1.82) is 0 Å². The van der Waals surface area contributed by atoms with E-state index >= 15 is 0 Å². The Labute approximate surface area is 190 Å². The molecule has 1 aliphatic heterocycles. The lowest BCUT2D eigenvalue weighted by Gasteiger charge is -2.30. The first kappa shape index (κ1) is 22.5. The van der Waals surface area contributed by atoms with E-state index < -0.39 is 17.7 Å². The summed E-state index contributed by atoms with van der Waals surface area (Å²) >= 11 is 0. The van der Waals surface area contributed by atoms with Gasteiger partial charge in [-0.25, -0.2) is 8.78 Å². The molecule has 8 heteroatoms. The number of hydrogen-bond acceptors (Lipinski definition) is 4. The summed E-state index contributed by atoms with van der Waals surface area (Å²) in [6, 6.07) is 12.9. The van der Waals surface area contributed by atoms with Gasteiger partial charge in [0, 0.05) is 36.3 Å². The SMILES string of the molecule is NC(c1ccc(C(=O)Nc2ccncc2)cc1)C1CCCN1C(=O)Cc1ccc(F)cc1F. The second-order valence-corrected chi connectivity index (χ2v) is 8.05. The van der Waals surface area contributed by atoms with Crippen molar-refractivity contribution < 1.29 is 18.4 Å². The van der Waals surface area contributed by atoms with Crippen molar-refractivity contribution >= 4 is 17.5 Å². The molecule has 0 aliphatic carbocycles. The Morgan fingerprint density at radius 1 is 1.09 bits per heavy atom. The molecule has 2 aromatic carbocycles. The Hall–Kier alpha value is -3.65. The minimum absolute atomic E-state index is 0.149. The molecule has 4 rings (SSSR count). The van der Waals surface area contributed by atoms with Crippen molar-refractivity contribution in [2.75, 3.05) is 11.9 Å². The number of aromatic nitrogens is 1. The molecule has 0 bridgehead atoms. The largest absolute Gasteiger partial charge is 0.338 e. The molecule has 3 N–H and O–H groups in total.